The Kier molecular flexibility index (Phi) is 21.3. The summed E-state index contributed by atoms with van der Waals surface area (Å²) < 4.78 is 80.0. The maximum Gasteiger partial charge on any atom is 0.342 e. The van der Waals surface area contributed by atoms with Crippen molar-refractivity contribution in [2.75, 3.05) is 13.2 Å². The van der Waals surface area contributed by atoms with Gasteiger partial charge in [-0.05, 0) is 66.7 Å². The second-order valence-corrected chi connectivity index (χ2v) is 29.9. The Morgan fingerprint density at radius 1 is 0.326 bits per heavy atom. The van der Waals surface area contributed by atoms with Crippen molar-refractivity contribution < 1.29 is 262 Å². The summed E-state index contributed by atoms with van der Waals surface area (Å²) in [5, 5.41) is 312. The van der Waals surface area contributed by atoms with E-state index < -0.39 is 402 Å². The molecule has 6 heterocycles. The first kappa shape index (κ1) is 89.9. The number of benzene rings is 9. The van der Waals surface area contributed by atoms with Gasteiger partial charge in [0.25, 0.3) is 5.79 Å². The number of hydrogen-bond donors (Lipinski definition) is 28. The molecule has 2 saturated heterocycles. The predicted molar refractivity (Wildman–Crippen MR) is 411 cm³/mol. The summed E-state index contributed by atoms with van der Waals surface area (Å²) >= 11 is 0. The van der Waals surface area contributed by atoms with Crippen LogP contribution in [0.15, 0.2) is 84.4 Å². The lowest BCUT2D eigenvalue weighted by molar-refractivity contribution is -0.339. The first-order chi connectivity index (χ1) is 63.4. The van der Waals surface area contributed by atoms with Gasteiger partial charge in [0.1, 0.15) is 31.0 Å². The Balaban J connectivity index is 0.846. The standard InChI is InChI=1S/C82H56O53/c83-26-1-16(2-27(84)47(26)95)69(109)127-62-38-14-122-72(112)19-7-32(89)50(98)56(104)41(19)42-20(8-33(90)51(99)57(42)105)74(114)129-65(62)68(80(125-38)134-71(111)18-5-30(87)49(97)31(88)6-18)132-78(118)25-11-35(92)53(101)60(108)61(25)124-37-12-23-44(59(107)55(37)103)43-21(9-34(91)52(100)58(43)106)75(115)130-66-63-39(15-123-73(23)113)126-79(133-70(110)17-3-28(85)48(96)29(86)4-17)67(66)131-76(116)22-10-36(93)54(102)64-45(22)46-24(77(117)128-63)13-40(94)82(121,135-64)81(46,119)120/h1-13,38-39,46,62-63,65-68,79-80,83-93,95-108,119-121H,14-15H2. The van der Waals surface area contributed by atoms with Crippen LogP contribution in [0.3, 0.4) is 0 Å². The fourth-order valence-electron chi connectivity index (χ4n) is 15.4. The van der Waals surface area contributed by atoms with Crippen LogP contribution in [0.25, 0.3) is 22.3 Å². The van der Waals surface area contributed by atoms with Crippen molar-refractivity contribution in [1.29, 1.82) is 0 Å². The minimum Gasteiger partial charge on any atom is -0.504 e. The molecule has 0 radical (unpaired) electrons. The highest BCUT2D eigenvalue weighted by Crippen LogP contribution is 2.62. The third-order valence-electron chi connectivity index (χ3n) is 21.9. The summed E-state index contributed by atoms with van der Waals surface area (Å²) in [5.41, 5.74) is -20.1. The van der Waals surface area contributed by atoms with Crippen LogP contribution in [-0.2, 0) is 66.4 Å². The van der Waals surface area contributed by atoms with Gasteiger partial charge in [-0.25, -0.2) is 47.9 Å². The number of fused-ring (bicyclic) bond motifs is 9. The zero-order chi connectivity index (χ0) is 98.0. The molecule has 28 N–H and O–H groups in total. The molecule has 7 aliphatic rings. The highest BCUT2D eigenvalue weighted by atomic mass is 16.8. The molecule has 8 bridgehead atoms. The number of phenolic OH excluding ortho intramolecular Hbond substituents is 25. The molecule has 6 aliphatic heterocycles. The van der Waals surface area contributed by atoms with E-state index in [0.717, 1.165) is 0 Å². The van der Waals surface area contributed by atoms with Gasteiger partial charge in [0.05, 0.1) is 56.0 Å². The lowest BCUT2D eigenvalue weighted by Gasteiger charge is -2.49. The average Bonchev–Trinajstić information content (AvgIpc) is 1.65. The van der Waals surface area contributed by atoms with Gasteiger partial charge < -0.3 is 209 Å². The molecule has 702 valence electrons. The topological polar surface area (TPSA) is 883 Å². The Morgan fingerprint density at radius 3 is 1.18 bits per heavy atom. The molecule has 12 atom stereocenters. The van der Waals surface area contributed by atoms with Gasteiger partial charge in [-0.3, -0.25) is 4.79 Å². The molecule has 1 aliphatic carbocycles. The molecule has 0 amide bonds. The van der Waals surface area contributed by atoms with Crippen molar-refractivity contribution >= 4 is 65.5 Å². The van der Waals surface area contributed by atoms with Crippen LogP contribution in [0.5, 0.6) is 161 Å². The minimum absolute atomic E-state index is 0.0386. The van der Waals surface area contributed by atoms with Crippen LogP contribution in [0.4, 0.5) is 0 Å². The fourth-order valence-corrected chi connectivity index (χ4v) is 15.4. The van der Waals surface area contributed by atoms with Crippen molar-refractivity contribution in [3.8, 4) is 183 Å². The number of ketones is 1. The van der Waals surface area contributed by atoms with E-state index in [1.807, 2.05) is 0 Å². The number of rotatable bonds is 10. The number of phenols is 25. The number of carbonyl (C=O) groups is 11. The zero-order valence-electron chi connectivity index (χ0n) is 66.0. The Bertz CT molecular complexity index is 6790. The van der Waals surface area contributed by atoms with Crippen molar-refractivity contribution in [2.24, 2.45) is 0 Å². The summed E-state index contributed by atoms with van der Waals surface area (Å²) in [7, 11) is 0. The number of ether oxygens (including phenoxy) is 14. The second kappa shape index (κ2) is 32.0. The van der Waals surface area contributed by atoms with E-state index in [-0.39, 0.29) is 36.4 Å². The normalized spacial score (nSPS) is 22.5. The van der Waals surface area contributed by atoms with Crippen molar-refractivity contribution in [2.45, 2.75) is 78.9 Å². The van der Waals surface area contributed by atoms with Gasteiger partial charge in [-0.15, -0.1) is 0 Å². The Hall–Kier alpha value is -18.5. The number of cyclic esters (lactones) is 2. The Morgan fingerprint density at radius 2 is 0.689 bits per heavy atom. The van der Waals surface area contributed by atoms with E-state index in [2.05, 4.69) is 0 Å². The van der Waals surface area contributed by atoms with Crippen molar-refractivity contribution in [3.05, 3.63) is 140 Å². The summed E-state index contributed by atoms with van der Waals surface area (Å²) in [5.74, 6) is -77.1. The molecule has 0 spiro atoms. The van der Waals surface area contributed by atoms with Gasteiger partial charge in [0.15, 0.2) is 145 Å². The molecule has 0 saturated carbocycles. The van der Waals surface area contributed by atoms with E-state index >= 15 is 28.8 Å². The number of aliphatic hydroxyl groups is 3. The molecular weight excluding hydrogens is 1830 g/mol. The molecule has 53 heteroatoms. The number of hydrogen-bond acceptors (Lipinski definition) is 53. The lowest BCUT2D eigenvalue weighted by Crippen LogP contribution is -2.70. The number of aromatic hydroxyl groups is 25. The fraction of sp³-hybridized carbons (Fsp3) is 0.183. The third kappa shape index (κ3) is 14.4. The highest BCUT2D eigenvalue weighted by Gasteiger charge is 2.71. The van der Waals surface area contributed by atoms with Gasteiger partial charge in [0.2, 0.25) is 70.8 Å². The second-order valence-electron chi connectivity index (χ2n) is 29.9. The van der Waals surface area contributed by atoms with E-state index in [4.69, 9.17) is 66.3 Å². The van der Waals surface area contributed by atoms with Crippen LogP contribution in [0.2, 0.25) is 0 Å². The summed E-state index contributed by atoms with van der Waals surface area (Å²) in [6, 6.07) is 3.43. The van der Waals surface area contributed by atoms with E-state index in [1.54, 1.807) is 0 Å². The maximum absolute atomic E-state index is 15.7. The quantitative estimate of drug-likeness (QED) is 0.0392. The maximum atomic E-state index is 15.7. The molecule has 16 rings (SSSR count). The first-order valence-electron chi connectivity index (χ1n) is 37.6. The lowest BCUT2D eigenvalue weighted by atomic mass is 9.70. The molecule has 135 heavy (non-hydrogen) atoms. The van der Waals surface area contributed by atoms with Gasteiger partial charge >= 0.3 is 65.5 Å². The van der Waals surface area contributed by atoms with Gasteiger partial charge in [-0.1, -0.05) is 0 Å². The van der Waals surface area contributed by atoms with Gasteiger partial charge in [-0.2, -0.15) is 0 Å². The molecule has 9 aromatic rings. The third-order valence-corrected chi connectivity index (χ3v) is 21.9. The van der Waals surface area contributed by atoms with Crippen LogP contribution >= 0.6 is 0 Å². The van der Waals surface area contributed by atoms with Crippen LogP contribution in [0, 0.1) is 0 Å². The van der Waals surface area contributed by atoms with Crippen molar-refractivity contribution in [3.63, 3.8) is 0 Å². The largest absolute Gasteiger partial charge is 0.504 e. The van der Waals surface area contributed by atoms with Crippen molar-refractivity contribution in [1.82, 2.24) is 0 Å². The monoisotopic (exact) mass is 1890 g/mol. The minimum atomic E-state index is -4.21. The van der Waals surface area contributed by atoms with E-state index in [0.29, 0.717) is 42.5 Å². The molecule has 2 fully saturated rings. The first-order valence-corrected chi connectivity index (χ1v) is 37.6. The number of esters is 10. The Labute approximate surface area is 740 Å². The summed E-state index contributed by atoms with van der Waals surface area (Å²) in [6.07, 6.45) is -28.7. The number of carbonyl (C=O) groups excluding carboxylic acids is 11. The molecule has 12 unspecified atom stereocenters. The van der Waals surface area contributed by atoms with Crippen LogP contribution < -0.4 is 9.47 Å². The summed E-state index contributed by atoms with van der Waals surface area (Å²) in [4.78, 5) is 164. The van der Waals surface area contributed by atoms with E-state index in [1.165, 1.54) is 0 Å². The molecule has 9 aromatic carbocycles. The molecular formula is C82H56O53. The average molecular weight is 1890 g/mol. The summed E-state index contributed by atoms with van der Waals surface area (Å²) in [6.45, 7) is -3.32. The van der Waals surface area contributed by atoms with E-state index in [9.17, 15) is 167 Å². The molecule has 53 nitrogen and oxygen atoms in total. The zero-order valence-corrected chi connectivity index (χ0v) is 66.0. The highest BCUT2D eigenvalue weighted by molar-refractivity contribution is 6.12. The van der Waals surface area contributed by atoms with Crippen LogP contribution in [0.1, 0.15) is 105 Å². The van der Waals surface area contributed by atoms with Crippen LogP contribution in [-0.4, -0.2) is 295 Å². The smallest absolute Gasteiger partial charge is 0.342 e. The van der Waals surface area contributed by atoms with Gasteiger partial charge in [0, 0.05) is 39.9 Å². The SMILES string of the molecule is O=C1OC2C3COC(=O)c4cc(Oc5c(C(=O)OC6C(OC(=O)c7cc(O)c(O)c(O)c7)OC7COC(=O)c8cc(O)c(O)c(O)c8-c8c(cc(O)c(O)c8O)C(=O)OC6C7OC(=O)c6cc(O)c(O)c(O)c6)cc(O)c(O)c5O)c(O)c(O)c4-c4c(cc(O)c(O)c4O)C(=O)OC2C(OC(=O)c2cc(O)c(O)c4c2C2C1=CC(=O)C(O)(O4)C2(O)O)C(OC(=O)c1cc(O)c(O)c(O)c1)O3. The predicted octanol–water partition coefficient (Wildman–Crippen LogP) is 0.965. The molecule has 0 aromatic heterocycles.